The molecular weight excluding hydrogens is 518 g/mol. The van der Waals surface area contributed by atoms with Gasteiger partial charge in [-0.2, -0.15) is 0 Å². The third-order valence-corrected chi connectivity index (χ3v) is 6.88. The fourth-order valence-electron chi connectivity index (χ4n) is 4.59. The van der Waals surface area contributed by atoms with E-state index in [9.17, 15) is 28.8 Å². The number of likely N-dealkylation sites (tertiary alicyclic amines) is 1. The molecule has 1 aliphatic carbocycles. The normalized spacial score (nSPS) is 19.4. The summed E-state index contributed by atoms with van der Waals surface area (Å²) >= 11 is 0. The predicted octanol–water partition coefficient (Wildman–Crippen LogP) is -0.282. The Kier molecular flexibility index (Phi) is 10.3. The van der Waals surface area contributed by atoms with Crippen LogP contribution < -0.4 is 21.3 Å². The quantitative estimate of drug-likeness (QED) is 0.253. The van der Waals surface area contributed by atoms with Gasteiger partial charge in [-0.3, -0.25) is 33.8 Å². The molecule has 1 aromatic rings. The molecule has 2 fully saturated rings. The molecule has 0 bridgehead atoms. The number of carbonyl (C=O) groups is 6. The SMILES string of the molecule is CCC[C@@H]1CC(C(=O)NCC(=O)C(=O)NC2CC2)N(C(=O)C(NC(=O)CNC(=O)c2cnccn2)C(C)(C)C)C1. The van der Waals surface area contributed by atoms with E-state index in [2.05, 4.69) is 31.2 Å². The molecule has 5 amide bonds. The first-order valence-corrected chi connectivity index (χ1v) is 13.7. The average Bonchev–Trinajstić information content (AvgIpc) is 3.63. The number of hydrogen-bond acceptors (Lipinski definition) is 8. The third kappa shape index (κ3) is 8.55. The highest BCUT2D eigenvalue weighted by molar-refractivity contribution is 6.37. The maximum absolute atomic E-state index is 13.8. The van der Waals surface area contributed by atoms with Gasteiger partial charge in [-0.05, 0) is 37.0 Å². The van der Waals surface area contributed by atoms with Crippen molar-refractivity contribution in [3.63, 3.8) is 0 Å². The molecule has 0 radical (unpaired) electrons. The molecule has 3 rings (SSSR count). The van der Waals surface area contributed by atoms with Crippen LogP contribution in [-0.2, 0) is 24.0 Å². The van der Waals surface area contributed by atoms with E-state index in [4.69, 9.17) is 0 Å². The van der Waals surface area contributed by atoms with Crippen LogP contribution in [0.2, 0.25) is 0 Å². The number of hydrogen-bond donors (Lipinski definition) is 4. The molecule has 2 aliphatic rings. The lowest BCUT2D eigenvalue weighted by molar-refractivity contribution is -0.144. The predicted molar refractivity (Wildman–Crippen MR) is 143 cm³/mol. The molecule has 1 saturated carbocycles. The Morgan fingerprint density at radius 1 is 1.05 bits per heavy atom. The van der Waals surface area contributed by atoms with Crippen molar-refractivity contribution in [3.8, 4) is 0 Å². The van der Waals surface area contributed by atoms with Gasteiger partial charge in [-0.25, -0.2) is 4.98 Å². The van der Waals surface area contributed by atoms with Crippen molar-refractivity contribution >= 4 is 35.3 Å². The number of aromatic nitrogens is 2. The van der Waals surface area contributed by atoms with Gasteiger partial charge in [0.2, 0.25) is 23.5 Å². The first-order chi connectivity index (χ1) is 18.9. The molecule has 1 saturated heterocycles. The Hall–Kier alpha value is -3.90. The number of carbonyl (C=O) groups excluding carboxylic acids is 6. The molecule has 1 aliphatic heterocycles. The Labute approximate surface area is 233 Å². The van der Waals surface area contributed by atoms with Crippen LogP contribution in [0, 0.1) is 11.3 Å². The summed E-state index contributed by atoms with van der Waals surface area (Å²) in [6.07, 6.45) is 7.80. The second kappa shape index (κ2) is 13.4. The maximum Gasteiger partial charge on any atom is 0.289 e. The monoisotopic (exact) mass is 557 g/mol. The van der Waals surface area contributed by atoms with E-state index in [0.29, 0.717) is 13.0 Å². The van der Waals surface area contributed by atoms with Crippen molar-refractivity contribution in [1.29, 1.82) is 0 Å². The van der Waals surface area contributed by atoms with E-state index in [1.807, 2.05) is 6.92 Å². The second-order valence-corrected chi connectivity index (χ2v) is 11.4. The number of rotatable bonds is 12. The Bertz CT molecular complexity index is 1120. The van der Waals surface area contributed by atoms with Crippen molar-refractivity contribution in [3.05, 3.63) is 24.3 Å². The van der Waals surface area contributed by atoms with E-state index >= 15 is 0 Å². The Morgan fingerprint density at radius 3 is 2.38 bits per heavy atom. The van der Waals surface area contributed by atoms with Crippen molar-refractivity contribution in [1.82, 2.24) is 36.1 Å². The first-order valence-electron chi connectivity index (χ1n) is 13.7. The average molecular weight is 558 g/mol. The van der Waals surface area contributed by atoms with Gasteiger partial charge in [-0.1, -0.05) is 34.1 Å². The molecule has 218 valence electrons. The van der Waals surface area contributed by atoms with Crippen LogP contribution in [0.4, 0.5) is 0 Å². The molecule has 13 heteroatoms. The summed E-state index contributed by atoms with van der Waals surface area (Å²) in [5.41, 5.74) is -0.669. The van der Waals surface area contributed by atoms with Gasteiger partial charge >= 0.3 is 0 Å². The van der Waals surface area contributed by atoms with Gasteiger partial charge in [-0.15, -0.1) is 0 Å². The maximum atomic E-state index is 13.8. The highest BCUT2D eigenvalue weighted by Gasteiger charge is 2.44. The summed E-state index contributed by atoms with van der Waals surface area (Å²) in [4.78, 5) is 85.3. The summed E-state index contributed by atoms with van der Waals surface area (Å²) in [6, 6.07) is -1.81. The van der Waals surface area contributed by atoms with Gasteiger partial charge in [0.05, 0.1) is 19.3 Å². The standard InChI is InChI=1S/C27H39N7O6/c1-5-6-16-11-19(24(38)30-13-20(35)25(39)32-17-7-8-17)34(15-16)26(40)22(27(2,3)4)33-21(36)14-31-23(37)18-12-28-9-10-29-18/h9-10,12,16-17,19,22H,5-8,11,13-15H2,1-4H3,(H,30,38)(H,31,37)(H,32,39)(H,33,36)/t16-,19?,22?/m1/s1. The number of ketones is 1. The van der Waals surface area contributed by atoms with Crippen LogP contribution in [0.5, 0.6) is 0 Å². The van der Waals surface area contributed by atoms with Gasteiger partial charge in [0.25, 0.3) is 11.8 Å². The minimum absolute atomic E-state index is 0.0229. The zero-order chi connectivity index (χ0) is 29.4. The van der Waals surface area contributed by atoms with Crippen molar-refractivity contribution in [2.75, 3.05) is 19.6 Å². The number of amides is 5. The minimum atomic E-state index is -0.991. The van der Waals surface area contributed by atoms with Crippen molar-refractivity contribution in [2.24, 2.45) is 11.3 Å². The molecule has 2 heterocycles. The smallest absolute Gasteiger partial charge is 0.289 e. The number of Topliss-reactive ketones (excluding diaryl/α,β-unsaturated/α-hetero) is 1. The van der Waals surface area contributed by atoms with E-state index < -0.39 is 59.4 Å². The van der Waals surface area contributed by atoms with Crippen LogP contribution >= 0.6 is 0 Å². The lowest BCUT2D eigenvalue weighted by Gasteiger charge is -2.35. The topological polar surface area (TPSA) is 180 Å². The van der Waals surface area contributed by atoms with Crippen LogP contribution in [0.15, 0.2) is 18.6 Å². The summed E-state index contributed by atoms with van der Waals surface area (Å²) in [5, 5.41) is 10.3. The van der Waals surface area contributed by atoms with Gasteiger partial charge < -0.3 is 26.2 Å². The van der Waals surface area contributed by atoms with Crippen molar-refractivity contribution < 1.29 is 28.8 Å². The molecule has 0 spiro atoms. The zero-order valence-corrected chi connectivity index (χ0v) is 23.5. The summed E-state index contributed by atoms with van der Waals surface area (Å²) in [6.45, 7) is 6.87. The summed E-state index contributed by atoms with van der Waals surface area (Å²) in [5.74, 6) is -3.52. The first kappa shape index (κ1) is 30.6. The van der Waals surface area contributed by atoms with E-state index in [1.54, 1.807) is 20.8 Å². The largest absolute Gasteiger partial charge is 0.347 e. The third-order valence-electron chi connectivity index (χ3n) is 6.88. The lowest BCUT2D eigenvalue weighted by atomic mass is 9.85. The zero-order valence-electron chi connectivity index (χ0n) is 23.5. The van der Waals surface area contributed by atoms with Crippen LogP contribution in [0.1, 0.15) is 70.3 Å². The fraction of sp³-hybridized carbons (Fsp3) is 0.630. The molecule has 0 aromatic carbocycles. The Balaban J connectivity index is 1.65. The molecule has 2 unspecified atom stereocenters. The van der Waals surface area contributed by atoms with E-state index in [0.717, 1.165) is 25.7 Å². The van der Waals surface area contributed by atoms with Crippen LogP contribution in [-0.4, -0.2) is 87.9 Å². The summed E-state index contributed by atoms with van der Waals surface area (Å²) in [7, 11) is 0. The highest BCUT2D eigenvalue weighted by atomic mass is 16.2. The van der Waals surface area contributed by atoms with E-state index in [-0.39, 0.29) is 24.2 Å². The highest BCUT2D eigenvalue weighted by Crippen LogP contribution is 2.30. The molecule has 13 nitrogen and oxygen atoms in total. The van der Waals surface area contributed by atoms with Gasteiger partial charge in [0, 0.05) is 25.0 Å². The molecule has 3 atom stereocenters. The fourth-order valence-corrected chi connectivity index (χ4v) is 4.59. The molecular formula is C27H39N7O6. The lowest BCUT2D eigenvalue weighted by Crippen LogP contribution is -2.59. The molecule has 4 N–H and O–H groups in total. The van der Waals surface area contributed by atoms with Crippen LogP contribution in [0.3, 0.4) is 0 Å². The Morgan fingerprint density at radius 2 is 1.77 bits per heavy atom. The van der Waals surface area contributed by atoms with Gasteiger partial charge in [0.15, 0.2) is 0 Å². The number of nitrogens with zero attached hydrogens (tertiary/aromatic N) is 3. The van der Waals surface area contributed by atoms with Crippen molar-refractivity contribution in [2.45, 2.75) is 77.9 Å². The van der Waals surface area contributed by atoms with Crippen LogP contribution in [0.25, 0.3) is 0 Å². The molecule has 40 heavy (non-hydrogen) atoms. The minimum Gasteiger partial charge on any atom is -0.347 e. The van der Waals surface area contributed by atoms with E-state index in [1.165, 1.54) is 23.5 Å². The second-order valence-electron chi connectivity index (χ2n) is 11.4. The number of nitrogens with one attached hydrogen (secondary N) is 4. The van der Waals surface area contributed by atoms with Gasteiger partial charge in [0.1, 0.15) is 17.8 Å². The summed E-state index contributed by atoms with van der Waals surface area (Å²) < 4.78 is 0. The molecule has 1 aromatic heterocycles.